The minimum Gasteiger partial charge on any atom is -0.381 e. The Labute approximate surface area is 164 Å². The van der Waals surface area contributed by atoms with E-state index in [0.29, 0.717) is 30.0 Å². The van der Waals surface area contributed by atoms with Crippen LogP contribution < -0.4 is 0 Å². The van der Waals surface area contributed by atoms with Gasteiger partial charge in [0.25, 0.3) is 0 Å². The third-order valence-electron chi connectivity index (χ3n) is 8.99. The van der Waals surface area contributed by atoms with Crippen LogP contribution >= 0.6 is 0 Å². The standard InChI is InChI=1S/C24H48O2/c1-14-16(2)19(25-13)17(3)22(7,8)18(4)23(9,10)24(11,12)20-21(5,6)15-26-20/h16-20H,14-15H2,1-13H3. The van der Waals surface area contributed by atoms with Crippen LogP contribution in [0.4, 0.5) is 0 Å². The third-order valence-corrected chi connectivity index (χ3v) is 8.99. The van der Waals surface area contributed by atoms with Crippen molar-refractivity contribution in [2.24, 2.45) is 39.4 Å². The molecule has 0 bridgehead atoms. The fourth-order valence-corrected chi connectivity index (χ4v) is 5.49. The summed E-state index contributed by atoms with van der Waals surface area (Å²) in [5, 5.41) is 0. The molecule has 0 saturated carbocycles. The van der Waals surface area contributed by atoms with Crippen molar-refractivity contribution in [1.29, 1.82) is 0 Å². The van der Waals surface area contributed by atoms with Gasteiger partial charge in [-0.2, -0.15) is 0 Å². The SMILES string of the molecule is CCC(C)C(OC)C(C)C(C)(C)C(C)C(C)(C)C(C)(C)C1OCC1(C)C. The van der Waals surface area contributed by atoms with E-state index in [0.717, 1.165) is 13.0 Å². The van der Waals surface area contributed by atoms with Crippen LogP contribution in [0.2, 0.25) is 0 Å². The van der Waals surface area contributed by atoms with Gasteiger partial charge in [0.15, 0.2) is 0 Å². The molecule has 2 nitrogen and oxygen atoms in total. The molecule has 0 aromatic carbocycles. The molecule has 0 radical (unpaired) electrons. The maximum atomic E-state index is 6.12. The van der Waals surface area contributed by atoms with E-state index in [1.54, 1.807) is 0 Å². The van der Waals surface area contributed by atoms with Crippen LogP contribution in [0.3, 0.4) is 0 Å². The van der Waals surface area contributed by atoms with Gasteiger partial charge >= 0.3 is 0 Å². The van der Waals surface area contributed by atoms with Crippen molar-refractivity contribution >= 4 is 0 Å². The first-order valence-corrected chi connectivity index (χ1v) is 10.7. The molecular formula is C24H48O2. The molecule has 156 valence electrons. The van der Waals surface area contributed by atoms with Gasteiger partial charge in [0, 0.05) is 12.5 Å². The molecule has 0 aromatic heterocycles. The lowest BCUT2D eigenvalue weighted by molar-refractivity contribution is -0.253. The van der Waals surface area contributed by atoms with Crippen molar-refractivity contribution in [2.45, 2.75) is 102 Å². The highest BCUT2D eigenvalue weighted by Crippen LogP contribution is 2.59. The lowest BCUT2D eigenvalue weighted by atomic mass is 9.48. The summed E-state index contributed by atoms with van der Waals surface area (Å²) in [6, 6.07) is 0. The van der Waals surface area contributed by atoms with Crippen LogP contribution in [0.15, 0.2) is 0 Å². The molecule has 1 rings (SSSR count). The largest absolute Gasteiger partial charge is 0.381 e. The van der Waals surface area contributed by atoms with E-state index >= 15 is 0 Å². The zero-order valence-electron chi connectivity index (χ0n) is 20.1. The predicted octanol–water partition coefficient (Wildman–Crippen LogP) is 6.82. The van der Waals surface area contributed by atoms with Gasteiger partial charge in [-0.25, -0.2) is 0 Å². The summed E-state index contributed by atoms with van der Waals surface area (Å²) in [5.41, 5.74) is 0.672. The van der Waals surface area contributed by atoms with Crippen LogP contribution in [0, 0.1) is 39.4 Å². The Bertz CT molecular complexity index is 461. The number of methoxy groups -OCH3 is 1. The summed E-state index contributed by atoms with van der Waals surface area (Å²) in [4.78, 5) is 0. The first kappa shape index (κ1) is 24.0. The van der Waals surface area contributed by atoms with Crippen LogP contribution in [0.5, 0.6) is 0 Å². The minimum absolute atomic E-state index is 0.101. The number of rotatable bonds is 9. The molecule has 1 saturated heterocycles. The quantitative estimate of drug-likeness (QED) is 0.444. The van der Waals surface area contributed by atoms with Gasteiger partial charge in [-0.1, -0.05) is 89.5 Å². The summed E-state index contributed by atoms with van der Waals surface area (Å²) < 4.78 is 12.1. The van der Waals surface area contributed by atoms with E-state index in [1.807, 2.05) is 7.11 Å². The number of ether oxygens (including phenoxy) is 2. The molecule has 0 amide bonds. The smallest absolute Gasteiger partial charge is 0.0704 e. The Hall–Kier alpha value is -0.0800. The maximum absolute atomic E-state index is 6.12. The number of hydrogen-bond acceptors (Lipinski definition) is 2. The van der Waals surface area contributed by atoms with E-state index in [4.69, 9.17) is 9.47 Å². The maximum Gasteiger partial charge on any atom is 0.0704 e. The van der Waals surface area contributed by atoms with E-state index in [1.165, 1.54) is 0 Å². The molecule has 0 aromatic rings. The Morgan fingerprint density at radius 1 is 1.04 bits per heavy atom. The Morgan fingerprint density at radius 3 is 1.85 bits per heavy atom. The molecule has 26 heavy (non-hydrogen) atoms. The van der Waals surface area contributed by atoms with Crippen molar-refractivity contribution in [3.8, 4) is 0 Å². The third kappa shape index (κ3) is 3.88. The Morgan fingerprint density at radius 2 is 1.54 bits per heavy atom. The minimum atomic E-state index is 0.101. The summed E-state index contributed by atoms with van der Waals surface area (Å²) >= 11 is 0. The molecule has 1 aliphatic rings. The predicted molar refractivity (Wildman–Crippen MR) is 113 cm³/mol. The highest BCUT2D eigenvalue weighted by Gasteiger charge is 2.58. The second-order valence-corrected chi connectivity index (χ2v) is 11.5. The van der Waals surface area contributed by atoms with Crippen molar-refractivity contribution in [2.75, 3.05) is 13.7 Å². The second-order valence-electron chi connectivity index (χ2n) is 11.5. The van der Waals surface area contributed by atoms with Gasteiger partial charge in [-0.05, 0) is 34.0 Å². The average Bonchev–Trinajstić information content (AvgIpc) is 2.52. The van der Waals surface area contributed by atoms with Crippen LogP contribution in [0.1, 0.15) is 89.5 Å². The zero-order chi connectivity index (χ0) is 20.7. The van der Waals surface area contributed by atoms with Gasteiger partial charge in [0.1, 0.15) is 0 Å². The van der Waals surface area contributed by atoms with Crippen molar-refractivity contribution in [3.05, 3.63) is 0 Å². The fourth-order valence-electron chi connectivity index (χ4n) is 5.49. The molecule has 5 atom stereocenters. The van der Waals surface area contributed by atoms with Gasteiger partial charge in [-0.15, -0.1) is 0 Å². The highest BCUT2D eigenvalue weighted by molar-refractivity contribution is 5.06. The van der Waals surface area contributed by atoms with E-state index in [2.05, 4.69) is 83.1 Å². The van der Waals surface area contributed by atoms with Gasteiger partial charge in [-0.3, -0.25) is 0 Å². The van der Waals surface area contributed by atoms with Crippen LogP contribution in [-0.2, 0) is 9.47 Å². The van der Waals surface area contributed by atoms with Crippen molar-refractivity contribution in [1.82, 2.24) is 0 Å². The highest BCUT2D eigenvalue weighted by atomic mass is 16.5. The van der Waals surface area contributed by atoms with Crippen LogP contribution in [-0.4, -0.2) is 25.9 Å². The summed E-state index contributed by atoms with van der Waals surface area (Å²) in [6.07, 6.45) is 1.77. The van der Waals surface area contributed by atoms with E-state index < -0.39 is 0 Å². The van der Waals surface area contributed by atoms with Gasteiger partial charge in [0.05, 0.1) is 18.8 Å². The Kier molecular flexibility index (Phi) is 7.13. The molecule has 1 heterocycles. The first-order chi connectivity index (χ1) is 11.6. The molecule has 2 heteroatoms. The zero-order valence-corrected chi connectivity index (χ0v) is 20.1. The van der Waals surface area contributed by atoms with E-state index in [-0.39, 0.29) is 21.7 Å². The summed E-state index contributed by atoms with van der Waals surface area (Å²) in [5.74, 6) is 1.59. The molecule has 1 fully saturated rings. The second kappa shape index (κ2) is 7.74. The molecular weight excluding hydrogens is 320 g/mol. The normalized spacial score (nSPS) is 26.0. The summed E-state index contributed by atoms with van der Waals surface area (Å²) in [7, 11) is 1.88. The average molecular weight is 369 g/mol. The first-order valence-electron chi connectivity index (χ1n) is 10.7. The summed E-state index contributed by atoms with van der Waals surface area (Å²) in [6.45, 7) is 29.6. The molecule has 5 unspecified atom stereocenters. The molecule has 1 aliphatic heterocycles. The molecule has 0 aliphatic carbocycles. The topological polar surface area (TPSA) is 18.5 Å². The van der Waals surface area contributed by atoms with E-state index in [9.17, 15) is 0 Å². The van der Waals surface area contributed by atoms with Crippen molar-refractivity contribution in [3.63, 3.8) is 0 Å². The monoisotopic (exact) mass is 368 g/mol. The van der Waals surface area contributed by atoms with Gasteiger partial charge in [0.2, 0.25) is 0 Å². The van der Waals surface area contributed by atoms with Crippen molar-refractivity contribution < 1.29 is 9.47 Å². The lowest BCUT2D eigenvalue weighted by Crippen LogP contribution is -2.62. The fraction of sp³-hybridized carbons (Fsp3) is 1.00. The Balaban J connectivity index is 3.15. The number of hydrogen-bond donors (Lipinski definition) is 0. The lowest BCUT2D eigenvalue weighted by Gasteiger charge is -2.61. The molecule has 0 N–H and O–H groups in total. The van der Waals surface area contributed by atoms with Crippen LogP contribution in [0.25, 0.3) is 0 Å². The van der Waals surface area contributed by atoms with Gasteiger partial charge < -0.3 is 9.47 Å². The molecule has 0 spiro atoms.